The highest BCUT2D eigenvalue weighted by Crippen LogP contribution is 2.09. The summed E-state index contributed by atoms with van der Waals surface area (Å²) in [6, 6.07) is 24.2. The van der Waals surface area contributed by atoms with Crippen molar-refractivity contribution in [1.29, 1.82) is 0 Å². The van der Waals surface area contributed by atoms with E-state index in [-0.39, 0.29) is 26.4 Å². The Kier molecular flexibility index (Phi) is 12.9. The molecule has 0 bridgehead atoms. The lowest BCUT2D eigenvalue weighted by Gasteiger charge is -2.26. The van der Waals surface area contributed by atoms with E-state index in [1.54, 1.807) is 57.2 Å². The van der Waals surface area contributed by atoms with Gasteiger partial charge in [0.2, 0.25) is 5.91 Å². The zero-order valence-electron chi connectivity index (χ0n) is 24.6. The Morgan fingerprint density at radius 3 is 1.67 bits per heavy atom. The Morgan fingerprint density at radius 1 is 0.674 bits per heavy atom. The molecule has 0 saturated carbocycles. The fourth-order valence-electron chi connectivity index (χ4n) is 3.68. The molecule has 0 aromatic heterocycles. The average molecular weight is 591 g/mol. The Labute approximate surface area is 251 Å². The van der Waals surface area contributed by atoms with Crippen LogP contribution in [0.4, 0.5) is 4.79 Å². The lowest BCUT2D eigenvalue weighted by Crippen LogP contribution is -2.56. The number of benzene rings is 3. The third-order valence-corrected chi connectivity index (χ3v) is 5.93. The molecule has 3 aromatic rings. The first kappa shape index (κ1) is 33.0. The monoisotopic (exact) mass is 590 g/mol. The van der Waals surface area contributed by atoms with E-state index in [1.807, 2.05) is 54.6 Å². The molecule has 2 N–H and O–H groups in total. The van der Waals surface area contributed by atoms with Crippen molar-refractivity contribution in [2.75, 3.05) is 13.2 Å². The molecule has 0 radical (unpaired) electrons. The quantitative estimate of drug-likeness (QED) is 0.200. The van der Waals surface area contributed by atoms with Crippen molar-refractivity contribution in [2.45, 2.75) is 58.3 Å². The molecule has 3 aromatic carbocycles. The van der Waals surface area contributed by atoms with Gasteiger partial charge in [0.1, 0.15) is 25.9 Å². The zero-order chi connectivity index (χ0) is 31.1. The molecule has 0 heterocycles. The number of rotatable bonds is 15. The summed E-state index contributed by atoms with van der Waals surface area (Å²) in [5.41, 5.74) is 1.64. The third-order valence-electron chi connectivity index (χ3n) is 5.93. The molecule has 228 valence electrons. The van der Waals surface area contributed by atoms with E-state index < -0.39 is 48.0 Å². The van der Waals surface area contributed by atoms with Crippen LogP contribution in [0.15, 0.2) is 91.0 Å². The number of Topliss-reactive ketones (excluding diaryl/α,β-unsaturated/α-hetero) is 1. The number of alkyl carbamates (subject to hydrolysis) is 1. The number of nitrogens with one attached hydrogen (secondary N) is 2. The molecule has 0 saturated heterocycles. The molecule has 0 spiro atoms. The van der Waals surface area contributed by atoms with E-state index in [9.17, 15) is 19.2 Å². The SMILES string of the molecule is CC(C)(C)OC[C@H](NC(=O)OCc1ccccc1)C(=O)NC(C(=O)COCc1ccccc1)C(=O)OCc1ccccc1. The molecule has 0 aliphatic heterocycles. The molecular weight excluding hydrogens is 552 g/mol. The van der Waals surface area contributed by atoms with Gasteiger partial charge in [0.25, 0.3) is 0 Å². The van der Waals surface area contributed by atoms with E-state index in [1.165, 1.54) is 0 Å². The minimum Gasteiger partial charge on any atom is -0.459 e. The van der Waals surface area contributed by atoms with Gasteiger partial charge in [0.15, 0.2) is 11.8 Å². The summed E-state index contributed by atoms with van der Waals surface area (Å²) >= 11 is 0. The smallest absolute Gasteiger partial charge is 0.408 e. The number of carbonyl (C=O) groups is 4. The minimum atomic E-state index is -1.69. The average Bonchev–Trinajstić information content (AvgIpc) is 3.00. The van der Waals surface area contributed by atoms with Gasteiger partial charge in [-0.15, -0.1) is 0 Å². The molecule has 1 unspecified atom stereocenters. The second-order valence-corrected chi connectivity index (χ2v) is 10.7. The van der Waals surface area contributed by atoms with Gasteiger partial charge in [-0.1, -0.05) is 91.0 Å². The van der Waals surface area contributed by atoms with E-state index >= 15 is 0 Å². The summed E-state index contributed by atoms with van der Waals surface area (Å²) in [5.74, 6) is -2.52. The van der Waals surface area contributed by atoms with Gasteiger partial charge >= 0.3 is 12.1 Å². The van der Waals surface area contributed by atoms with Crippen LogP contribution in [-0.2, 0) is 53.2 Å². The standard InChI is InChI=1S/C33H38N2O8/c1-33(2,3)43-22-27(34-32(39)42-21-26-17-11-6-12-18-26)30(37)35-29(31(38)41-20-25-15-9-5-10-16-25)28(36)23-40-19-24-13-7-4-8-14-24/h4-18,27,29H,19-23H2,1-3H3,(H,34,39)(H,35,37)/t27-,29?/m0/s1. The van der Waals surface area contributed by atoms with Crippen LogP contribution in [0.2, 0.25) is 0 Å². The Hall–Kier alpha value is -4.54. The summed E-state index contributed by atoms with van der Waals surface area (Å²) in [4.78, 5) is 52.2. The van der Waals surface area contributed by atoms with Crippen molar-refractivity contribution in [2.24, 2.45) is 0 Å². The van der Waals surface area contributed by atoms with Crippen molar-refractivity contribution < 1.29 is 38.1 Å². The van der Waals surface area contributed by atoms with E-state index in [0.717, 1.165) is 11.1 Å². The molecule has 0 aliphatic rings. The molecule has 2 atom stereocenters. The highest BCUT2D eigenvalue weighted by Gasteiger charge is 2.34. The normalized spacial score (nSPS) is 12.4. The Balaban J connectivity index is 1.69. The van der Waals surface area contributed by atoms with Gasteiger partial charge in [-0.3, -0.25) is 9.59 Å². The van der Waals surface area contributed by atoms with Gasteiger partial charge in [-0.25, -0.2) is 9.59 Å². The Bertz CT molecular complexity index is 1310. The summed E-state index contributed by atoms with van der Waals surface area (Å²) < 4.78 is 21.9. The molecular formula is C33H38N2O8. The summed E-state index contributed by atoms with van der Waals surface area (Å²) in [6.07, 6.45) is -0.873. The highest BCUT2D eigenvalue weighted by molar-refractivity contribution is 6.07. The first-order chi connectivity index (χ1) is 20.6. The van der Waals surface area contributed by atoms with Crippen LogP contribution in [0.1, 0.15) is 37.5 Å². The fourth-order valence-corrected chi connectivity index (χ4v) is 3.68. The van der Waals surface area contributed by atoms with Crippen molar-refractivity contribution in [3.05, 3.63) is 108 Å². The van der Waals surface area contributed by atoms with Crippen molar-refractivity contribution in [3.8, 4) is 0 Å². The molecule has 10 nitrogen and oxygen atoms in total. The molecule has 10 heteroatoms. The van der Waals surface area contributed by atoms with Crippen LogP contribution < -0.4 is 10.6 Å². The topological polar surface area (TPSA) is 129 Å². The summed E-state index contributed by atoms with van der Waals surface area (Å²) in [7, 11) is 0. The van der Waals surface area contributed by atoms with Gasteiger partial charge < -0.3 is 29.6 Å². The summed E-state index contributed by atoms with van der Waals surface area (Å²) in [5, 5.41) is 4.90. The highest BCUT2D eigenvalue weighted by atomic mass is 16.6. The van der Waals surface area contributed by atoms with Crippen LogP contribution in [-0.4, -0.2) is 54.7 Å². The van der Waals surface area contributed by atoms with Crippen LogP contribution >= 0.6 is 0 Å². The largest absolute Gasteiger partial charge is 0.459 e. The van der Waals surface area contributed by atoms with Crippen molar-refractivity contribution >= 4 is 23.8 Å². The van der Waals surface area contributed by atoms with Gasteiger partial charge in [-0.2, -0.15) is 0 Å². The predicted molar refractivity (Wildman–Crippen MR) is 159 cm³/mol. The van der Waals surface area contributed by atoms with Crippen LogP contribution in [0.5, 0.6) is 0 Å². The van der Waals surface area contributed by atoms with Crippen LogP contribution in [0.3, 0.4) is 0 Å². The van der Waals surface area contributed by atoms with Gasteiger partial charge in [0.05, 0.1) is 18.8 Å². The number of esters is 1. The number of hydrogen-bond donors (Lipinski definition) is 2. The number of ether oxygens (including phenoxy) is 4. The second kappa shape index (κ2) is 16.8. The van der Waals surface area contributed by atoms with Crippen molar-refractivity contribution in [3.63, 3.8) is 0 Å². The predicted octanol–water partition coefficient (Wildman–Crippen LogP) is 4.11. The number of carbonyl (C=O) groups excluding carboxylic acids is 4. The van der Waals surface area contributed by atoms with E-state index in [4.69, 9.17) is 18.9 Å². The van der Waals surface area contributed by atoms with Gasteiger partial charge in [-0.05, 0) is 37.5 Å². The molecule has 2 amide bonds. The number of ketones is 1. The van der Waals surface area contributed by atoms with E-state index in [2.05, 4.69) is 10.6 Å². The second-order valence-electron chi connectivity index (χ2n) is 10.7. The fraction of sp³-hybridized carbons (Fsp3) is 0.333. The zero-order valence-corrected chi connectivity index (χ0v) is 24.6. The maximum Gasteiger partial charge on any atom is 0.408 e. The van der Waals surface area contributed by atoms with Crippen LogP contribution in [0, 0.1) is 0 Å². The minimum absolute atomic E-state index is 0.0210. The molecule has 0 aliphatic carbocycles. The number of amides is 2. The molecule has 43 heavy (non-hydrogen) atoms. The maximum absolute atomic E-state index is 13.4. The van der Waals surface area contributed by atoms with Crippen molar-refractivity contribution in [1.82, 2.24) is 10.6 Å². The Morgan fingerprint density at radius 2 is 1.16 bits per heavy atom. The first-order valence-electron chi connectivity index (χ1n) is 13.9. The molecule has 0 fully saturated rings. The first-order valence-corrected chi connectivity index (χ1v) is 13.9. The third kappa shape index (κ3) is 12.5. The van der Waals surface area contributed by atoms with Crippen LogP contribution in [0.25, 0.3) is 0 Å². The number of hydrogen-bond acceptors (Lipinski definition) is 8. The molecule has 3 rings (SSSR count). The maximum atomic E-state index is 13.4. The summed E-state index contributed by atoms with van der Waals surface area (Å²) in [6.45, 7) is 4.64. The van der Waals surface area contributed by atoms with E-state index in [0.29, 0.717) is 5.56 Å². The van der Waals surface area contributed by atoms with Gasteiger partial charge in [0, 0.05) is 0 Å². The lowest BCUT2D eigenvalue weighted by atomic mass is 10.1. The lowest BCUT2D eigenvalue weighted by molar-refractivity contribution is -0.153.